The molecule has 1 aliphatic carbocycles. The lowest BCUT2D eigenvalue weighted by Gasteiger charge is -2.49. The van der Waals surface area contributed by atoms with Crippen LogP contribution in [0, 0.1) is 5.92 Å². The van der Waals surface area contributed by atoms with Crippen molar-refractivity contribution < 1.29 is 0 Å². The highest BCUT2D eigenvalue weighted by Gasteiger charge is 2.41. The molecule has 2 fully saturated rings. The minimum atomic E-state index is 0.324. The SMILES string of the molecule is CC(C)C1CNC2(CCCC2)CN1c1ccc(Br)c(Cl)c1. The van der Waals surface area contributed by atoms with Crippen molar-refractivity contribution in [1.82, 2.24) is 5.32 Å². The fourth-order valence-corrected chi connectivity index (χ4v) is 4.28. The van der Waals surface area contributed by atoms with Crippen LogP contribution in [-0.2, 0) is 0 Å². The maximum Gasteiger partial charge on any atom is 0.0568 e. The Hall–Kier alpha value is -0.250. The summed E-state index contributed by atoms with van der Waals surface area (Å²) in [5.41, 5.74) is 1.58. The second-order valence-corrected chi connectivity index (χ2v) is 8.17. The fraction of sp³-hybridized carbons (Fsp3) is 0.647. The Balaban J connectivity index is 1.91. The van der Waals surface area contributed by atoms with Gasteiger partial charge in [0.15, 0.2) is 0 Å². The van der Waals surface area contributed by atoms with Crippen molar-refractivity contribution >= 4 is 33.2 Å². The first-order chi connectivity index (χ1) is 10.0. The van der Waals surface area contributed by atoms with Gasteiger partial charge in [0.1, 0.15) is 0 Å². The number of piperazine rings is 1. The highest BCUT2D eigenvalue weighted by atomic mass is 79.9. The highest BCUT2D eigenvalue weighted by molar-refractivity contribution is 9.10. The van der Waals surface area contributed by atoms with Crippen LogP contribution in [0.1, 0.15) is 39.5 Å². The molecular weight excluding hydrogens is 348 g/mol. The molecule has 1 unspecified atom stereocenters. The summed E-state index contributed by atoms with van der Waals surface area (Å²) in [5.74, 6) is 0.624. The summed E-state index contributed by atoms with van der Waals surface area (Å²) >= 11 is 9.82. The van der Waals surface area contributed by atoms with E-state index < -0.39 is 0 Å². The highest BCUT2D eigenvalue weighted by Crippen LogP contribution is 2.37. The Morgan fingerprint density at radius 1 is 1.33 bits per heavy atom. The van der Waals surface area contributed by atoms with Gasteiger partial charge in [0.2, 0.25) is 0 Å². The average Bonchev–Trinajstić information content (AvgIpc) is 2.89. The van der Waals surface area contributed by atoms with E-state index in [2.05, 4.69) is 58.2 Å². The molecule has 0 amide bonds. The predicted molar refractivity (Wildman–Crippen MR) is 94.3 cm³/mol. The number of hydrogen-bond acceptors (Lipinski definition) is 2. The van der Waals surface area contributed by atoms with Gasteiger partial charge in [0, 0.05) is 34.8 Å². The summed E-state index contributed by atoms with van der Waals surface area (Å²) in [5, 5.41) is 4.67. The van der Waals surface area contributed by atoms with E-state index in [1.54, 1.807) is 0 Å². The van der Waals surface area contributed by atoms with Gasteiger partial charge < -0.3 is 10.2 Å². The van der Waals surface area contributed by atoms with E-state index in [1.165, 1.54) is 31.4 Å². The second-order valence-electron chi connectivity index (χ2n) is 6.91. The predicted octanol–water partition coefficient (Wildman–Crippen LogP) is 4.85. The Kier molecular flexibility index (Phi) is 4.54. The summed E-state index contributed by atoms with van der Waals surface area (Å²) in [6.07, 6.45) is 5.32. The summed E-state index contributed by atoms with van der Waals surface area (Å²) < 4.78 is 0.972. The molecule has 1 spiro atoms. The van der Waals surface area contributed by atoms with Crippen molar-refractivity contribution in [2.75, 3.05) is 18.0 Å². The zero-order chi connectivity index (χ0) is 15.0. The molecule has 1 saturated carbocycles. The maximum atomic E-state index is 6.32. The zero-order valence-corrected chi connectivity index (χ0v) is 15.2. The molecule has 21 heavy (non-hydrogen) atoms. The third kappa shape index (κ3) is 3.11. The Labute approximate surface area is 141 Å². The van der Waals surface area contributed by atoms with E-state index in [0.29, 0.717) is 17.5 Å². The van der Waals surface area contributed by atoms with E-state index >= 15 is 0 Å². The van der Waals surface area contributed by atoms with Gasteiger partial charge in [-0.3, -0.25) is 0 Å². The largest absolute Gasteiger partial charge is 0.365 e. The molecule has 1 N–H and O–H groups in total. The van der Waals surface area contributed by atoms with Crippen LogP contribution in [0.4, 0.5) is 5.69 Å². The van der Waals surface area contributed by atoms with Crippen molar-refractivity contribution in [2.45, 2.75) is 51.1 Å². The van der Waals surface area contributed by atoms with E-state index in [1.807, 2.05) is 0 Å². The standard InChI is InChI=1S/C17H24BrClN2/c1-12(2)16-10-20-17(7-3-4-8-17)11-21(16)13-5-6-14(18)15(19)9-13/h5-6,9,12,16,20H,3-4,7-8,10-11H2,1-2H3. The van der Waals surface area contributed by atoms with Gasteiger partial charge in [-0.2, -0.15) is 0 Å². The van der Waals surface area contributed by atoms with Gasteiger partial charge in [-0.1, -0.05) is 38.3 Å². The molecule has 0 radical (unpaired) electrons. The van der Waals surface area contributed by atoms with Gasteiger partial charge in [-0.25, -0.2) is 0 Å². The number of anilines is 1. The number of halogens is 2. The fourth-order valence-electron chi connectivity index (χ4n) is 3.86. The summed E-state index contributed by atoms with van der Waals surface area (Å²) in [4.78, 5) is 2.59. The lowest BCUT2D eigenvalue weighted by molar-refractivity contribution is 0.245. The summed E-state index contributed by atoms with van der Waals surface area (Å²) in [7, 11) is 0. The monoisotopic (exact) mass is 370 g/mol. The molecule has 116 valence electrons. The van der Waals surface area contributed by atoms with Crippen LogP contribution in [0.15, 0.2) is 22.7 Å². The van der Waals surface area contributed by atoms with Crippen LogP contribution >= 0.6 is 27.5 Å². The number of rotatable bonds is 2. The Morgan fingerprint density at radius 2 is 2.05 bits per heavy atom. The van der Waals surface area contributed by atoms with Crippen molar-refractivity contribution in [3.8, 4) is 0 Å². The lowest BCUT2D eigenvalue weighted by atomic mass is 9.88. The van der Waals surface area contributed by atoms with Crippen molar-refractivity contribution in [2.24, 2.45) is 5.92 Å². The van der Waals surface area contributed by atoms with E-state index in [4.69, 9.17) is 11.6 Å². The molecule has 2 nitrogen and oxygen atoms in total. The third-order valence-electron chi connectivity index (χ3n) is 5.12. The summed E-state index contributed by atoms with van der Waals surface area (Å²) in [6.45, 7) is 6.80. The van der Waals surface area contributed by atoms with Crippen LogP contribution in [0.2, 0.25) is 5.02 Å². The number of nitrogens with one attached hydrogen (secondary N) is 1. The second kappa shape index (κ2) is 6.10. The first-order valence-electron chi connectivity index (χ1n) is 7.97. The van der Waals surface area contributed by atoms with Crippen LogP contribution in [0.3, 0.4) is 0 Å². The Bertz CT molecular complexity index is 512. The van der Waals surface area contributed by atoms with Crippen LogP contribution < -0.4 is 10.2 Å². The number of nitrogens with zero attached hydrogens (tertiary/aromatic N) is 1. The molecule has 1 atom stereocenters. The zero-order valence-electron chi connectivity index (χ0n) is 12.8. The molecule has 0 aromatic heterocycles. The smallest absolute Gasteiger partial charge is 0.0568 e. The normalized spacial score (nSPS) is 25.0. The molecule has 4 heteroatoms. The Morgan fingerprint density at radius 3 is 2.67 bits per heavy atom. The molecule has 1 saturated heterocycles. The van der Waals surface area contributed by atoms with Gasteiger partial charge in [0.05, 0.1) is 5.02 Å². The molecule has 2 aliphatic rings. The molecular formula is C17H24BrClN2. The average molecular weight is 372 g/mol. The van der Waals surface area contributed by atoms with Gasteiger partial charge in [-0.05, 0) is 52.9 Å². The number of hydrogen-bond donors (Lipinski definition) is 1. The van der Waals surface area contributed by atoms with Crippen molar-refractivity contribution in [3.05, 3.63) is 27.7 Å². The molecule has 1 aliphatic heterocycles. The quantitative estimate of drug-likeness (QED) is 0.799. The van der Waals surface area contributed by atoms with Gasteiger partial charge in [0.25, 0.3) is 0 Å². The van der Waals surface area contributed by atoms with Crippen LogP contribution in [-0.4, -0.2) is 24.7 Å². The minimum absolute atomic E-state index is 0.324. The molecule has 1 aromatic carbocycles. The molecule has 1 heterocycles. The van der Waals surface area contributed by atoms with Crippen molar-refractivity contribution in [3.63, 3.8) is 0 Å². The van der Waals surface area contributed by atoms with Gasteiger partial charge in [-0.15, -0.1) is 0 Å². The first-order valence-corrected chi connectivity index (χ1v) is 9.15. The lowest BCUT2D eigenvalue weighted by Crippen LogP contribution is -2.64. The van der Waals surface area contributed by atoms with Crippen molar-refractivity contribution in [1.29, 1.82) is 0 Å². The minimum Gasteiger partial charge on any atom is -0.365 e. The summed E-state index contributed by atoms with van der Waals surface area (Å²) in [6, 6.07) is 6.90. The number of benzene rings is 1. The van der Waals surface area contributed by atoms with Gasteiger partial charge >= 0.3 is 0 Å². The van der Waals surface area contributed by atoms with Crippen LogP contribution in [0.5, 0.6) is 0 Å². The van der Waals surface area contributed by atoms with E-state index in [-0.39, 0.29) is 0 Å². The third-order valence-corrected chi connectivity index (χ3v) is 6.36. The topological polar surface area (TPSA) is 15.3 Å². The maximum absolute atomic E-state index is 6.32. The molecule has 1 aromatic rings. The first kappa shape index (κ1) is 15.6. The molecule has 0 bridgehead atoms. The van der Waals surface area contributed by atoms with E-state index in [9.17, 15) is 0 Å². The molecule has 3 rings (SSSR count). The van der Waals surface area contributed by atoms with Crippen LogP contribution in [0.25, 0.3) is 0 Å². The van der Waals surface area contributed by atoms with E-state index in [0.717, 1.165) is 22.6 Å².